The van der Waals surface area contributed by atoms with Crippen LogP contribution in [0.3, 0.4) is 0 Å². The zero-order valence-corrected chi connectivity index (χ0v) is 8.93. The van der Waals surface area contributed by atoms with E-state index in [4.69, 9.17) is 9.90 Å². The Kier molecular flexibility index (Phi) is 6.59. The van der Waals surface area contributed by atoms with Crippen LogP contribution in [0.15, 0.2) is 0 Å². The summed E-state index contributed by atoms with van der Waals surface area (Å²) >= 11 is 0. The van der Waals surface area contributed by atoms with Crippen LogP contribution in [0.25, 0.3) is 0 Å². The van der Waals surface area contributed by atoms with Crippen LogP contribution in [0, 0.1) is 5.92 Å². The molecule has 0 aromatic carbocycles. The van der Waals surface area contributed by atoms with Crippen LogP contribution < -0.4 is 10.0 Å². The van der Waals surface area contributed by atoms with Crippen LogP contribution >= 0.6 is 0 Å². The molecule has 78 valence electrons. The number of hydrogen-bond donors (Lipinski definition) is 1. The molecule has 0 spiro atoms. The average molecular weight is 187 g/mol. The summed E-state index contributed by atoms with van der Waals surface area (Å²) in [4.78, 5) is 10.7. The standard InChI is InChI=1S/C8H17N.C2H4O2/c1-3-9-6-4-8(2)5-7-9;1-2(3)4/h8H,3-7H2,1-2H3;1H3,(H,3,4). The number of hydrogen-bond acceptors (Lipinski definition) is 2. The van der Waals surface area contributed by atoms with Crippen molar-refractivity contribution in [3.63, 3.8) is 0 Å². The highest BCUT2D eigenvalue weighted by Gasteiger charge is 2.16. The lowest BCUT2D eigenvalue weighted by Gasteiger charge is -2.25. The number of piperidine rings is 1. The Bertz CT molecular complexity index is 136. The van der Waals surface area contributed by atoms with Crippen molar-refractivity contribution in [2.45, 2.75) is 33.6 Å². The molecule has 0 amide bonds. The highest BCUT2D eigenvalue weighted by molar-refractivity contribution is 5.60. The van der Waals surface area contributed by atoms with Crippen LogP contribution in [-0.4, -0.2) is 25.6 Å². The number of carbonyl (C=O) groups is 1. The van der Waals surface area contributed by atoms with Gasteiger partial charge in [0.15, 0.2) is 0 Å². The lowest BCUT2D eigenvalue weighted by atomic mass is 9.99. The van der Waals surface area contributed by atoms with Gasteiger partial charge in [-0.2, -0.15) is 0 Å². The molecule has 1 aliphatic heterocycles. The fourth-order valence-electron chi connectivity index (χ4n) is 1.52. The van der Waals surface area contributed by atoms with E-state index in [1.54, 1.807) is 4.90 Å². The van der Waals surface area contributed by atoms with Crippen LogP contribution in [0.5, 0.6) is 0 Å². The van der Waals surface area contributed by atoms with Gasteiger partial charge in [0.05, 0.1) is 19.6 Å². The van der Waals surface area contributed by atoms with Crippen molar-refractivity contribution in [2.75, 3.05) is 19.6 Å². The molecule has 0 aromatic heterocycles. The fourth-order valence-corrected chi connectivity index (χ4v) is 1.52. The van der Waals surface area contributed by atoms with E-state index in [9.17, 15) is 0 Å². The van der Waals surface area contributed by atoms with E-state index in [2.05, 4.69) is 13.8 Å². The Morgan fingerprint density at radius 3 is 2.15 bits per heavy atom. The van der Waals surface area contributed by atoms with Crippen LogP contribution in [0.4, 0.5) is 0 Å². The molecule has 1 aliphatic rings. The Morgan fingerprint density at radius 2 is 1.85 bits per heavy atom. The lowest BCUT2D eigenvalue weighted by molar-refractivity contribution is -0.904. The molecule has 0 saturated carbocycles. The number of carbonyl (C=O) groups excluding carboxylic acids is 1. The van der Waals surface area contributed by atoms with Crippen molar-refractivity contribution >= 4 is 5.97 Å². The summed E-state index contributed by atoms with van der Waals surface area (Å²) in [5, 5.41) is 8.89. The first-order valence-electron chi connectivity index (χ1n) is 5.07. The zero-order valence-electron chi connectivity index (χ0n) is 8.93. The largest absolute Gasteiger partial charge is 0.550 e. The quantitative estimate of drug-likeness (QED) is 0.577. The number of rotatable bonds is 1. The second-order valence-corrected chi connectivity index (χ2v) is 3.78. The van der Waals surface area contributed by atoms with Gasteiger partial charge in [-0.3, -0.25) is 0 Å². The number of aliphatic carboxylic acids is 1. The highest BCUT2D eigenvalue weighted by Crippen LogP contribution is 2.06. The van der Waals surface area contributed by atoms with Crippen molar-refractivity contribution < 1.29 is 14.8 Å². The summed E-state index contributed by atoms with van der Waals surface area (Å²) in [6.07, 6.45) is 2.90. The Hall–Kier alpha value is -0.570. The first kappa shape index (κ1) is 12.4. The highest BCUT2D eigenvalue weighted by atomic mass is 16.4. The predicted octanol–water partition coefficient (Wildman–Crippen LogP) is -0.923. The SMILES string of the molecule is CC(=O)[O-].CC[NH+]1CCC(C)CC1. The topological polar surface area (TPSA) is 44.6 Å². The van der Waals surface area contributed by atoms with E-state index in [-0.39, 0.29) is 0 Å². The second-order valence-electron chi connectivity index (χ2n) is 3.78. The van der Waals surface area contributed by atoms with Crippen LogP contribution in [-0.2, 0) is 4.79 Å². The lowest BCUT2D eigenvalue weighted by Crippen LogP contribution is -3.12. The summed E-state index contributed by atoms with van der Waals surface area (Å²) in [6, 6.07) is 0. The van der Waals surface area contributed by atoms with Crippen molar-refractivity contribution in [3.8, 4) is 0 Å². The van der Waals surface area contributed by atoms with Gasteiger partial charge in [-0.05, 0) is 32.6 Å². The first-order chi connectivity index (χ1) is 6.06. The molecule has 0 atom stereocenters. The molecule has 0 radical (unpaired) electrons. The summed E-state index contributed by atoms with van der Waals surface area (Å²) in [6.45, 7) is 9.78. The average Bonchev–Trinajstić information content (AvgIpc) is 2.05. The van der Waals surface area contributed by atoms with Crippen molar-refractivity contribution in [3.05, 3.63) is 0 Å². The van der Waals surface area contributed by atoms with Crippen molar-refractivity contribution in [1.29, 1.82) is 0 Å². The third-order valence-electron chi connectivity index (χ3n) is 2.48. The normalized spacial score (nSPS) is 27.3. The van der Waals surface area contributed by atoms with Gasteiger partial charge in [-0.1, -0.05) is 6.92 Å². The smallest absolute Gasteiger partial charge is 0.0773 e. The predicted molar refractivity (Wildman–Crippen MR) is 50.3 cm³/mol. The molecular formula is C10H21NO2. The molecule has 13 heavy (non-hydrogen) atoms. The molecule has 1 N–H and O–H groups in total. The number of likely N-dealkylation sites (tertiary alicyclic amines) is 1. The molecule has 0 aromatic rings. The molecule has 0 unspecified atom stereocenters. The van der Waals surface area contributed by atoms with Gasteiger partial charge < -0.3 is 14.8 Å². The van der Waals surface area contributed by atoms with Gasteiger partial charge in [0.25, 0.3) is 0 Å². The molecule has 3 nitrogen and oxygen atoms in total. The van der Waals surface area contributed by atoms with E-state index in [1.165, 1.54) is 32.5 Å². The minimum Gasteiger partial charge on any atom is -0.550 e. The first-order valence-corrected chi connectivity index (χ1v) is 5.07. The molecule has 0 aliphatic carbocycles. The van der Waals surface area contributed by atoms with Crippen molar-refractivity contribution in [1.82, 2.24) is 0 Å². The summed E-state index contributed by atoms with van der Waals surface area (Å²) in [5.41, 5.74) is 0. The molecule has 1 saturated heterocycles. The minimum atomic E-state index is -1.08. The third-order valence-corrected chi connectivity index (χ3v) is 2.48. The van der Waals surface area contributed by atoms with E-state index in [1.807, 2.05) is 0 Å². The summed E-state index contributed by atoms with van der Waals surface area (Å²) in [7, 11) is 0. The molecule has 1 rings (SSSR count). The molecular weight excluding hydrogens is 166 g/mol. The van der Waals surface area contributed by atoms with Gasteiger partial charge in [0.2, 0.25) is 0 Å². The van der Waals surface area contributed by atoms with Gasteiger partial charge >= 0.3 is 0 Å². The van der Waals surface area contributed by atoms with Crippen molar-refractivity contribution in [2.24, 2.45) is 5.92 Å². The molecule has 1 fully saturated rings. The molecule has 1 heterocycles. The summed E-state index contributed by atoms with van der Waals surface area (Å²) < 4.78 is 0. The van der Waals surface area contributed by atoms with Gasteiger partial charge in [-0.25, -0.2) is 0 Å². The van der Waals surface area contributed by atoms with Gasteiger partial charge in [-0.15, -0.1) is 0 Å². The van der Waals surface area contributed by atoms with E-state index < -0.39 is 5.97 Å². The van der Waals surface area contributed by atoms with E-state index in [0.717, 1.165) is 12.8 Å². The minimum absolute atomic E-state index is 0.972. The van der Waals surface area contributed by atoms with E-state index >= 15 is 0 Å². The number of nitrogens with one attached hydrogen (secondary N) is 1. The number of carboxylic acids is 1. The Balaban J connectivity index is 0.000000310. The summed E-state index contributed by atoms with van der Waals surface area (Å²) in [5.74, 6) is -0.0831. The number of quaternary nitrogens is 1. The molecule has 3 heteroatoms. The van der Waals surface area contributed by atoms with Crippen LogP contribution in [0.2, 0.25) is 0 Å². The zero-order chi connectivity index (χ0) is 10.3. The monoisotopic (exact) mass is 187 g/mol. The van der Waals surface area contributed by atoms with Gasteiger partial charge in [0.1, 0.15) is 0 Å². The van der Waals surface area contributed by atoms with E-state index in [0.29, 0.717) is 0 Å². The van der Waals surface area contributed by atoms with Gasteiger partial charge in [0, 0.05) is 5.97 Å². The maximum atomic E-state index is 8.89. The third kappa shape index (κ3) is 7.78. The molecule has 0 bridgehead atoms. The maximum absolute atomic E-state index is 8.89. The maximum Gasteiger partial charge on any atom is 0.0773 e. The Morgan fingerprint density at radius 1 is 1.46 bits per heavy atom. The second kappa shape index (κ2) is 6.89. The van der Waals surface area contributed by atoms with Crippen LogP contribution in [0.1, 0.15) is 33.6 Å². The number of carboxylic acid groups (broad SMARTS) is 1. The fraction of sp³-hybridized carbons (Fsp3) is 0.900. The Labute approximate surface area is 80.7 Å².